The van der Waals surface area contributed by atoms with Gasteiger partial charge in [0.1, 0.15) is 7.05 Å². The van der Waals surface area contributed by atoms with Crippen molar-refractivity contribution in [1.29, 1.82) is 0 Å². The third-order valence-corrected chi connectivity index (χ3v) is 3.17. The molecule has 0 unspecified atom stereocenters. The van der Waals surface area contributed by atoms with Gasteiger partial charge in [0.2, 0.25) is 5.52 Å². The lowest BCUT2D eigenvalue weighted by molar-refractivity contribution is -0.643. The number of para-hydroxylation sites is 1. The van der Waals surface area contributed by atoms with E-state index >= 15 is 0 Å². The molecule has 0 aliphatic heterocycles. The second kappa shape index (κ2) is 3.31. The van der Waals surface area contributed by atoms with E-state index in [1.165, 1.54) is 27.2 Å². The van der Waals surface area contributed by atoms with Crippen LogP contribution in [0.3, 0.4) is 0 Å². The fourth-order valence-electron chi connectivity index (χ4n) is 2.47. The molecule has 0 amide bonds. The van der Waals surface area contributed by atoms with Crippen LogP contribution >= 0.6 is 0 Å². The lowest BCUT2D eigenvalue weighted by Crippen LogP contribution is -2.29. The van der Waals surface area contributed by atoms with Gasteiger partial charge in [0.25, 0.3) is 0 Å². The number of hydrogen-bond donors (Lipinski definition) is 0. The van der Waals surface area contributed by atoms with Crippen molar-refractivity contribution in [1.82, 2.24) is 0 Å². The molecule has 1 heteroatoms. The van der Waals surface area contributed by atoms with Crippen molar-refractivity contribution < 1.29 is 4.57 Å². The van der Waals surface area contributed by atoms with Crippen LogP contribution < -0.4 is 4.57 Å². The predicted octanol–water partition coefficient (Wildman–Crippen LogP) is 3.13. The van der Waals surface area contributed by atoms with Gasteiger partial charge in [0.05, 0.1) is 5.39 Å². The number of aryl methyl sites for hydroxylation is 2. The molecule has 78 valence electrons. The van der Waals surface area contributed by atoms with Gasteiger partial charge < -0.3 is 0 Å². The first kappa shape index (κ1) is 9.34. The minimum atomic E-state index is 1.29. The van der Waals surface area contributed by atoms with E-state index in [1.54, 1.807) is 0 Å². The molecule has 0 saturated carbocycles. The van der Waals surface area contributed by atoms with Crippen molar-refractivity contribution in [3.05, 3.63) is 54.2 Å². The van der Waals surface area contributed by atoms with E-state index in [1.807, 2.05) is 0 Å². The Kier molecular flexibility index (Phi) is 1.93. The SMILES string of the molecule is Cc1cccc2c3ccccc3c[n+](C)c12. The third-order valence-electron chi connectivity index (χ3n) is 3.17. The molecule has 16 heavy (non-hydrogen) atoms. The molecule has 0 saturated heterocycles. The minimum Gasteiger partial charge on any atom is -0.200 e. The van der Waals surface area contributed by atoms with E-state index in [0.29, 0.717) is 0 Å². The molecular weight excluding hydrogens is 194 g/mol. The smallest absolute Gasteiger partial charge is 0.200 e. The summed E-state index contributed by atoms with van der Waals surface area (Å²) < 4.78 is 2.22. The Bertz CT molecular complexity index is 683. The van der Waals surface area contributed by atoms with Gasteiger partial charge in [-0.05, 0) is 19.1 Å². The molecule has 2 aromatic carbocycles. The zero-order chi connectivity index (χ0) is 11.1. The number of benzene rings is 2. The Morgan fingerprint density at radius 2 is 1.62 bits per heavy atom. The summed E-state index contributed by atoms with van der Waals surface area (Å²) >= 11 is 0. The van der Waals surface area contributed by atoms with Gasteiger partial charge in [0, 0.05) is 16.3 Å². The summed E-state index contributed by atoms with van der Waals surface area (Å²) in [6, 6.07) is 15.0. The van der Waals surface area contributed by atoms with Crippen LogP contribution in [0, 0.1) is 6.92 Å². The van der Waals surface area contributed by atoms with Crippen LogP contribution in [0.15, 0.2) is 48.7 Å². The summed E-state index contributed by atoms with van der Waals surface area (Å²) in [7, 11) is 2.11. The van der Waals surface area contributed by atoms with Gasteiger partial charge in [-0.1, -0.05) is 30.3 Å². The van der Waals surface area contributed by atoms with Crippen molar-refractivity contribution in [2.24, 2.45) is 7.05 Å². The summed E-state index contributed by atoms with van der Waals surface area (Å²) in [5, 5.41) is 3.96. The van der Waals surface area contributed by atoms with Crippen LogP contribution in [0.5, 0.6) is 0 Å². The molecule has 3 aromatic rings. The third kappa shape index (κ3) is 1.21. The van der Waals surface area contributed by atoms with Gasteiger partial charge in [-0.2, -0.15) is 0 Å². The average Bonchev–Trinajstić information content (AvgIpc) is 2.29. The summed E-state index contributed by atoms with van der Waals surface area (Å²) in [4.78, 5) is 0. The first-order valence-corrected chi connectivity index (χ1v) is 5.54. The highest BCUT2D eigenvalue weighted by Gasteiger charge is 2.11. The Morgan fingerprint density at radius 1 is 0.875 bits per heavy atom. The summed E-state index contributed by atoms with van der Waals surface area (Å²) in [6.45, 7) is 2.16. The standard InChI is InChI=1S/C15H14N/c1-11-6-5-9-14-13-8-4-3-7-12(13)10-16(2)15(11)14/h3-10H,1-2H3/q+1. The molecule has 3 rings (SSSR count). The topological polar surface area (TPSA) is 3.88 Å². The van der Waals surface area contributed by atoms with Crippen molar-refractivity contribution >= 4 is 21.7 Å². The highest BCUT2D eigenvalue weighted by atomic mass is 14.9. The van der Waals surface area contributed by atoms with Crippen LogP contribution in [0.1, 0.15) is 5.56 Å². The van der Waals surface area contributed by atoms with Crippen molar-refractivity contribution in [2.75, 3.05) is 0 Å². The normalized spacial score (nSPS) is 11.1. The van der Waals surface area contributed by atoms with Crippen molar-refractivity contribution in [2.45, 2.75) is 6.92 Å². The van der Waals surface area contributed by atoms with Crippen LogP contribution in [-0.2, 0) is 7.05 Å². The quantitative estimate of drug-likeness (QED) is 0.395. The number of rotatable bonds is 0. The minimum absolute atomic E-state index is 1.29. The highest BCUT2D eigenvalue weighted by Crippen LogP contribution is 2.23. The van der Waals surface area contributed by atoms with E-state index in [2.05, 4.69) is 67.2 Å². The molecule has 0 atom stereocenters. The fraction of sp³-hybridized carbons (Fsp3) is 0.133. The van der Waals surface area contributed by atoms with E-state index < -0.39 is 0 Å². The van der Waals surface area contributed by atoms with Gasteiger partial charge in [0.15, 0.2) is 6.20 Å². The maximum Gasteiger partial charge on any atom is 0.215 e. The number of nitrogens with zero attached hydrogens (tertiary/aromatic N) is 1. The van der Waals surface area contributed by atoms with Crippen molar-refractivity contribution in [3.8, 4) is 0 Å². The zero-order valence-electron chi connectivity index (χ0n) is 9.57. The van der Waals surface area contributed by atoms with Gasteiger partial charge in [-0.15, -0.1) is 0 Å². The maximum atomic E-state index is 2.22. The Labute approximate surface area is 95.0 Å². The largest absolute Gasteiger partial charge is 0.215 e. The predicted molar refractivity (Wildman–Crippen MR) is 67.4 cm³/mol. The summed E-state index contributed by atoms with van der Waals surface area (Å²) in [5.41, 5.74) is 2.65. The molecule has 0 N–H and O–H groups in total. The van der Waals surface area contributed by atoms with Crippen LogP contribution in [0.25, 0.3) is 21.7 Å². The van der Waals surface area contributed by atoms with E-state index in [9.17, 15) is 0 Å². The van der Waals surface area contributed by atoms with E-state index in [0.717, 1.165) is 0 Å². The van der Waals surface area contributed by atoms with E-state index in [4.69, 9.17) is 0 Å². The molecule has 0 bridgehead atoms. The molecule has 1 heterocycles. The van der Waals surface area contributed by atoms with Crippen LogP contribution in [-0.4, -0.2) is 0 Å². The lowest BCUT2D eigenvalue weighted by atomic mass is 10.0. The lowest BCUT2D eigenvalue weighted by Gasteiger charge is -2.04. The maximum absolute atomic E-state index is 2.22. The van der Waals surface area contributed by atoms with E-state index in [-0.39, 0.29) is 0 Å². The molecule has 1 aromatic heterocycles. The molecule has 0 fully saturated rings. The molecular formula is C15H14N+. The monoisotopic (exact) mass is 208 g/mol. The van der Waals surface area contributed by atoms with Gasteiger partial charge in [-0.25, -0.2) is 4.57 Å². The molecule has 0 radical (unpaired) electrons. The second-order valence-electron chi connectivity index (χ2n) is 4.30. The Hall–Kier alpha value is -1.89. The molecule has 1 nitrogen and oxygen atoms in total. The Balaban J connectivity index is 2.65. The second-order valence-corrected chi connectivity index (χ2v) is 4.30. The number of hydrogen-bond acceptors (Lipinski definition) is 0. The first-order valence-electron chi connectivity index (χ1n) is 5.54. The van der Waals surface area contributed by atoms with Crippen LogP contribution in [0.4, 0.5) is 0 Å². The first-order chi connectivity index (χ1) is 7.77. The summed E-state index contributed by atoms with van der Waals surface area (Å²) in [5.74, 6) is 0. The molecule has 0 aliphatic carbocycles. The average molecular weight is 208 g/mol. The van der Waals surface area contributed by atoms with Gasteiger partial charge >= 0.3 is 0 Å². The zero-order valence-corrected chi connectivity index (χ0v) is 9.57. The number of fused-ring (bicyclic) bond motifs is 3. The summed E-state index contributed by atoms with van der Waals surface area (Å²) in [6.07, 6.45) is 2.20. The number of pyridine rings is 1. The highest BCUT2D eigenvalue weighted by molar-refractivity contribution is 6.04. The Morgan fingerprint density at radius 3 is 2.50 bits per heavy atom. The van der Waals surface area contributed by atoms with Crippen LogP contribution in [0.2, 0.25) is 0 Å². The molecule has 0 aliphatic rings. The van der Waals surface area contributed by atoms with Gasteiger partial charge in [-0.3, -0.25) is 0 Å². The van der Waals surface area contributed by atoms with Crippen molar-refractivity contribution in [3.63, 3.8) is 0 Å². The fourth-order valence-corrected chi connectivity index (χ4v) is 2.47. The molecule has 0 spiro atoms. The number of aromatic nitrogens is 1.